The molecule has 0 unspecified atom stereocenters. The van der Waals surface area contributed by atoms with Gasteiger partial charge in [0.25, 0.3) is 5.91 Å². The highest BCUT2D eigenvalue weighted by atomic mass is 16.5. The Bertz CT molecular complexity index is 997. The molecule has 0 aliphatic carbocycles. The van der Waals surface area contributed by atoms with Crippen LogP contribution < -0.4 is 5.32 Å². The van der Waals surface area contributed by atoms with Crippen molar-refractivity contribution in [2.24, 2.45) is 4.99 Å². The molecule has 30 heavy (non-hydrogen) atoms. The third-order valence-electron chi connectivity index (χ3n) is 5.14. The second kappa shape index (κ2) is 8.41. The van der Waals surface area contributed by atoms with Crippen LogP contribution in [0, 0.1) is 0 Å². The molecule has 0 bridgehead atoms. The Balaban J connectivity index is 1.43. The quantitative estimate of drug-likeness (QED) is 0.820. The first-order valence-corrected chi connectivity index (χ1v) is 9.98. The Labute approximate surface area is 175 Å². The van der Waals surface area contributed by atoms with Crippen molar-refractivity contribution in [2.45, 2.75) is 26.3 Å². The van der Waals surface area contributed by atoms with Gasteiger partial charge in [-0.05, 0) is 29.2 Å². The molecule has 3 amide bonds. The van der Waals surface area contributed by atoms with Crippen molar-refractivity contribution in [3.63, 3.8) is 0 Å². The Hall–Kier alpha value is -3.61. The summed E-state index contributed by atoms with van der Waals surface area (Å²) in [7, 11) is 0. The maximum absolute atomic E-state index is 12.8. The molecular weight excluding hydrogens is 380 g/mol. The van der Waals surface area contributed by atoms with E-state index in [4.69, 9.17) is 4.74 Å². The summed E-state index contributed by atoms with van der Waals surface area (Å²) in [5, 5.41) is 2.88. The molecule has 0 aromatic heterocycles. The first-order valence-electron chi connectivity index (χ1n) is 9.98. The minimum Gasteiger partial charge on any atom is -0.431 e. The number of amides is 3. The van der Waals surface area contributed by atoms with Crippen LogP contribution in [-0.4, -0.2) is 40.8 Å². The minimum absolute atomic E-state index is 0.135. The van der Waals surface area contributed by atoms with E-state index < -0.39 is 0 Å². The number of hydrogen-bond acceptors (Lipinski definition) is 4. The summed E-state index contributed by atoms with van der Waals surface area (Å²) >= 11 is 0. The second-order valence-corrected chi connectivity index (χ2v) is 7.59. The number of rotatable bonds is 5. The van der Waals surface area contributed by atoms with Gasteiger partial charge in [-0.15, -0.1) is 4.99 Å². The van der Waals surface area contributed by atoms with Crippen molar-refractivity contribution in [2.75, 3.05) is 18.4 Å². The SMILES string of the molecule is CC(C)c1ccc(NC(=O)C2=COC3=NC(=O)N(Cc4ccccc4)CCN23)cc1. The molecule has 2 heterocycles. The van der Waals surface area contributed by atoms with Crippen LogP contribution in [-0.2, 0) is 16.1 Å². The number of aliphatic imine (C=N–C) groups is 1. The molecular formula is C23H24N4O3. The van der Waals surface area contributed by atoms with Gasteiger partial charge in [0.15, 0.2) is 0 Å². The predicted octanol–water partition coefficient (Wildman–Crippen LogP) is 3.91. The van der Waals surface area contributed by atoms with E-state index in [-0.39, 0.29) is 18.0 Å². The smallest absolute Gasteiger partial charge is 0.348 e. The lowest BCUT2D eigenvalue weighted by molar-refractivity contribution is -0.113. The molecule has 1 N–H and O–H groups in total. The largest absolute Gasteiger partial charge is 0.431 e. The first-order chi connectivity index (χ1) is 14.5. The van der Waals surface area contributed by atoms with E-state index in [1.807, 2.05) is 54.6 Å². The standard InChI is InChI=1S/C23H24N4O3/c1-16(2)18-8-10-19(11-9-18)24-21(28)20-15-30-23-25-22(29)26(12-13-27(20)23)14-17-6-4-3-5-7-17/h3-11,15-16H,12-14H2,1-2H3,(H,24,28). The number of urea groups is 1. The molecule has 154 valence electrons. The molecule has 0 saturated carbocycles. The minimum atomic E-state index is -0.379. The van der Waals surface area contributed by atoms with Crippen molar-refractivity contribution in [1.29, 1.82) is 0 Å². The fourth-order valence-corrected chi connectivity index (χ4v) is 3.38. The van der Waals surface area contributed by atoms with E-state index in [0.717, 1.165) is 5.56 Å². The van der Waals surface area contributed by atoms with Crippen LogP contribution in [0.2, 0.25) is 0 Å². The van der Waals surface area contributed by atoms with Crippen LogP contribution in [0.5, 0.6) is 0 Å². The van der Waals surface area contributed by atoms with Gasteiger partial charge in [0.05, 0.1) is 0 Å². The van der Waals surface area contributed by atoms with E-state index in [0.29, 0.717) is 36.9 Å². The predicted molar refractivity (Wildman–Crippen MR) is 115 cm³/mol. The normalized spacial score (nSPS) is 15.9. The summed E-state index contributed by atoms with van der Waals surface area (Å²) in [5.41, 5.74) is 3.26. The number of nitrogens with one attached hydrogen (secondary N) is 1. The number of ether oxygens (including phenoxy) is 1. The molecule has 2 aliphatic heterocycles. The van der Waals surface area contributed by atoms with Gasteiger partial charge in [-0.2, -0.15) is 0 Å². The topological polar surface area (TPSA) is 74.2 Å². The zero-order valence-electron chi connectivity index (χ0n) is 17.0. The lowest BCUT2D eigenvalue weighted by atomic mass is 10.0. The first kappa shape index (κ1) is 19.7. The molecule has 4 rings (SSSR count). The molecule has 7 nitrogen and oxygen atoms in total. The number of carbonyl (C=O) groups excluding carboxylic acids is 2. The second-order valence-electron chi connectivity index (χ2n) is 7.59. The van der Waals surface area contributed by atoms with Crippen LogP contribution in [0.25, 0.3) is 0 Å². The number of anilines is 1. The van der Waals surface area contributed by atoms with E-state index in [2.05, 4.69) is 24.2 Å². The molecule has 0 saturated heterocycles. The van der Waals surface area contributed by atoms with Crippen LogP contribution in [0.1, 0.15) is 30.9 Å². The highest BCUT2D eigenvalue weighted by molar-refractivity contribution is 6.08. The van der Waals surface area contributed by atoms with Crippen molar-refractivity contribution in [3.8, 4) is 0 Å². The lowest BCUT2D eigenvalue weighted by Gasteiger charge is -2.21. The third-order valence-corrected chi connectivity index (χ3v) is 5.14. The summed E-state index contributed by atoms with van der Waals surface area (Å²) in [5.74, 6) is 0.120. The third kappa shape index (κ3) is 4.20. The molecule has 7 heteroatoms. The molecule has 0 radical (unpaired) electrons. The van der Waals surface area contributed by atoms with Crippen LogP contribution in [0.15, 0.2) is 71.5 Å². The van der Waals surface area contributed by atoms with Crippen LogP contribution >= 0.6 is 0 Å². The van der Waals surface area contributed by atoms with Gasteiger partial charge in [-0.3, -0.25) is 9.69 Å². The summed E-state index contributed by atoms with van der Waals surface area (Å²) in [4.78, 5) is 32.7. The molecule has 2 aliphatic rings. The van der Waals surface area contributed by atoms with Crippen LogP contribution in [0.4, 0.5) is 10.5 Å². The van der Waals surface area contributed by atoms with Gasteiger partial charge in [0, 0.05) is 25.3 Å². The fraction of sp³-hybridized carbons (Fsp3) is 0.261. The fourth-order valence-electron chi connectivity index (χ4n) is 3.38. The van der Waals surface area contributed by atoms with Gasteiger partial charge in [0.1, 0.15) is 12.0 Å². The Morgan fingerprint density at radius 2 is 1.83 bits per heavy atom. The Morgan fingerprint density at radius 3 is 2.53 bits per heavy atom. The summed E-state index contributed by atoms with van der Waals surface area (Å²) in [6.45, 7) is 5.55. The maximum atomic E-state index is 12.8. The van der Waals surface area contributed by atoms with Gasteiger partial charge in [0.2, 0.25) is 0 Å². The van der Waals surface area contributed by atoms with Crippen LogP contribution in [0.3, 0.4) is 0 Å². The zero-order chi connectivity index (χ0) is 21.1. The maximum Gasteiger partial charge on any atom is 0.348 e. The molecule has 0 spiro atoms. The summed E-state index contributed by atoms with van der Waals surface area (Å²) in [6.07, 6.45) is 1.34. The molecule has 2 aromatic carbocycles. The van der Waals surface area contributed by atoms with Crippen molar-refractivity contribution < 1.29 is 14.3 Å². The van der Waals surface area contributed by atoms with Crippen molar-refractivity contribution in [3.05, 3.63) is 77.7 Å². The number of nitrogens with zero attached hydrogens (tertiary/aromatic N) is 3. The van der Waals surface area contributed by atoms with Gasteiger partial charge >= 0.3 is 12.1 Å². The molecule has 0 fully saturated rings. The lowest BCUT2D eigenvalue weighted by Crippen LogP contribution is -2.36. The monoisotopic (exact) mass is 404 g/mol. The summed E-state index contributed by atoms with van der Waals surface area (Å²) < 4.78 is 5.43. The van der Waals surface area contributed by atoms with E-state index in [9.17, 15) is 9.59 Å². The highest BCUT2D eigenvalue weighted by Gasteiger charge is 2.33. The number of fused-ring (bicyclic) bond motifs is 1. The number of amidine groups is 1. The number of hydrogen-bond donors (Lipinski definition) is 1. The average Bonchev–Trinajstić information content (AvgIpc) is 3.07. The van der Waals surface area contributed by atoms with Gasteiger partial charge < -0.3 is 15.0 Å². The van der Waals surface area contributed by atoms with E-state index in [1.54, 1.807) is 9.80 Å². The van der Waals surface area contributed by atoms with Crippen molar-refractivity contribution in [1.82, 2.24) is 9.80 Å². The zero-order valence-corrected chi connectivity index (χ0v) is 17.0. The number of benzene rings is 2. The highest BCUT2D eigenvalue weighted by Crippen LogP contribution is 2.22. The molecule has 0 atom stereocenters. The number of carbonyl (C=O) groups is 2. The Kier molecular flexibility index (Phi) is 5.52. The van der Waals surface area contributed by atoms with Crippen molar-refractivity contribution >= 4 is 23.6 Å². The molecule has 2 aromatic rings. The van der Waals surface area contributed by atoms with E-state index in [1.165, 1.54) is 11.8 Å². The Morgan fingerprint density at radius 1 is 1.10 bits per heavy atom. The summed E-state index contributed by atoms with van der Waals surface area (Å²) in [6, 6.07) is 17.2. The van der Waals surface area contributed by atoms with Gasteiger partial charge in [-0.25, -0.2) is 4.79 Å². The van der Waals surface area contributed by atoms with Gasteiger partial charge in [-0.1, -0.05) is 56.3 Å². The average molecular weight is 404 g/mol. The van der Waals surface area contributed by atoms with E-state index >= 15 is 0 Å².